The Morgan fingerprint density at radius 1 is 0.857 bits per heavy atom. The Labute approximate surface area is 162 Å². The Morgan fingerprint density at radius 2 is 1.64 bits per heavy atom. The molecule has 0 radical (unpaired) electrons. The first-order valence-electron chi connectivity index (χ1n) is 8.93. The van der Waals surface area contributed by atoms with Gasteiger partial charge in [0.2, 0.25) is 0 Å². The van der Waals surface area contributed by atoms with Gasteiger partial charge in [-0.15, -0.1) is 10.2 Å². The molecule has 0 saturated heterocycles. The number of fused-ring (bicyclic) bond motifs is 1. The van der Waals surface area contributed by atoms with E-state index in [1.165, 1.54) is 0 Å². The number of rotatable bonds is 4. The minimum absolute atomic E-state index is 0.212. The Morgan fingerprint density at radius 3 is 2.43 bits per heavy atom. The van der Waals surface area contributed by atoms with E-state index in [4.69, 9.17) is 0 Å². The van der Waals surface area contributed by atoms with Crippen LogP contribution in [0, 0.1) is 13.8 Å². The average Bonchev–Trinajstić information content (AvgIpc) is 2.72. The lowest BCUT2D eigenvalue weighted by Gasteiger charge is -2.09. The number of anilines is 3. The van der Waals surface area contributed by atoms with Gasteiger partial charge in [-0.2, -0.15) is 0 Å². The highest BCUT2D eigenvalue weighted by molar-refractivity contribution is 6.03. The number of benzene rings is 2. The zero-order valence-electron chi connectivity index (χ0n) is 15.6. The number of hydrogen-bond donors (Lipinski definition) is 2. The van der Waals surface area contributed by atoms with E-state index >= 15 is 0 Å². The Bertz CT molecular complexity index is 1150. The third-order valence-electron chi connectivity index (χ3n) is 4.57. The molecular formula is C22H19N5O. The van der Waals surface area contributed by atoms with E-state index in [0.717, 1.165) is 27.7 Å². The highest BCUT2D eigenvalue weighted by atomic mass is 16.1. The molecule has 28 heavy (non-hydrogen) atoms. The summed E-state index contributed by atoms with van der Waals surface area (Å²) in [4.78, 5) is 16.8. The Balaban J connectivity index is 1.49. The van der Waals surface area contributed by atoms with Crippen molar-refractivity contribution in [2.45, 2.75) is 13.8 Å². The molecule has 0 fully saturated rings. The number of amides is 1. The summed E-state index contributed by atoms with van der Waals surface area (Å²) in [7, 11) is 0. The van der Waals surface area contributed by atoms with Gasteiger partial charge in [-0.25, -0.2) is 0 Å². The summed E-state index contributed by atoms with van der Waals surface area (Å²) in [6.45, 7) is 3.99. The number of carbonyl (C=O) groups is 1. The molecule has 0 unspecified atom stereocenters. The molecular weight excluding hydrogens is 350 g/mol. The topological polar surface area (TPSA) is 79.8 Å². The fourth-order valence-electron chi connectivity index (χ4n) is 2.88. The number of aryl methyl sites for hydroxylation is 2. The van der Waals surface area contributed by atoms with Crippen LogP contribution in [-0.4, -0.2) is 21.1 Å². The van der Waals surface area contributed by atoms with Crippen molar-refractivity contribution in [2.75, 3.05) is 10.6 Å². The molecule has 6 nitrogen and oxygen atoms in total. The van der Waals surface area contributed by atoms with Gasteiger partial charge in [0.1, 0.15) is 0 Å². The van der Waals surface area contributed by atoms with Crippen molar-refractivity contribution in [1.29, 1.82) is 0 Å². The lowest BCUT2D eigenvalue weighted by atomic mass is 10.1. The van der Waals surface area contributed by atoms with Crippen LogP contribution in [0.4, 0.5) is 17.3 Å². The fourth-order valence-corrected chi connectivity index (χ4v) is 2.88. The smallest absolute Gasteiger partial charge is 0.256 e. The van der Waals surface area contributed by atoms with Crippen LogP contribution in [0.25, 0.3) is 10.9 Å². The van der Waals surface area contributed by atoms with E-state index in [9.17, 15) is 4.79 Å². The van der Waals surface area contributed by atoms with Gasteiger partial charge in [0.25, 0.3) is 5.91 Å². The highest BCUT2D eigenvalue weighted by Crippen LogP contribution is 2.23. The number of pyridine rings is 1. The number of carbonyl (C=O) groups excluding carboxylic acids is 1. The number of hydrogen-bond acceptors (Lipinski definition) is 5. The van der Waals surface area contributed by atoms with Crippen molar-refractivity contribution in [3.63, 3.8) is 0 Å². The molecule has 0 aliphatic heterocycles. The Kier molecular flexibility index (Phi) is 4.68. The van der Waals surface area contributed by atoms with Gasteiger partial charge < -0.3 is 10.6 Å². The van der Waals surface area contributed by atoms with Crippen molar-refractivity contribution in [1.82, 2.24) is 15.2 Å². The molecule has 0 spiro atoms. The summed E-state index contributed by atoms with van der Waals surface area (Å²) < 4.78 is 0. The zero-order valence-corrected chi connectivity index (χ0v) is 15.6. The standard InChI is InChI=1S/C22H19N5O/c1-14-8-9-17(13-15(14)2)22(28)25-20-11-10-19(26-27-20)24-18-7-3-5-16-6-4-12-23-21(16)18/h3-13H,1-2H3,(H,24,26)(H,25,27,28). The number of para-hydroxylation sites is 1. The second kappa shape index (κ2) is 7.44. The minimum Gasteiger partial charge on any atom is -0.337 e. The maximum absolute atomic E-state index is 12.4. The third kappa shape index (κ3) is 3.66. The van der Waals surface area contributed by atoms with Gasteiger partial charge in [0, 0.05) is 17.1 Å². The van der Waals surface area contributed by atoms with Crippen LogP contribution in [0.3, 0.4) is 0 Å². The maximum atomic E-state index is 12.4. The molecule has 138 valence electrons. The van der Waals surface area contributed by atoms with Crippen LogP contribution in [0.5, 0.6) is 0 Å². The van der Waals surface area contributed by atoms with Gasteiger partial charge in [0.05, 0.1) is 11.2 Å². The minimum atomic E-state index is -0.212. The summed E-state index contributed by atoms with van der Waals surface area (Å²) in [5, 5.41) is 15.3. The summed E-state index contributed by atoms with van der Waals surface area (Å²) in [6.07, 6.45) is 1.75. The highest BCUT2D eigenvalue weighted by Gasteiger charge is 2.09. The van der Waals surface area contributed by atoms with Crippen molar-refractivity contribution in [3.05, 3.63) is 83.6 Å². The second-order valence-corrected chi connectivity index (χ2v) is 6.56. The molecule has 2 N–H and O–H groups in total. The molecule has 0 aliphatic carbocycles. The maximum Gasteiger partial charge on any atom is 0.256 e. The number of nitrogens with zero attached hydrogens (tertiary/aromatic N) is 3. The molecule has 4 aromatic rings. The van der Waals surface area contributed by atoms with Crippen molar-refractivity contribution in [3.8, 4) is 0 Å². The van der Waals surface area contributed by atoms with Crippen molar-refractivity contribution in [2.24, 2.45) is 0 Å². The van der Waals surface area contributed by atoms with Crippen LogP contribution >= 0.6 is 0 Å². The van der Waals surface area contributed by atoms with Gasteiger partial charge in [-0.1, -0.05) is 24.3 Å². The third-order valence-corrected chi connectivity index (χ3v) is 4.57. The second-order valence-electron chi connectivity index (χ2n) is 6.56. The van der Waals surface area contributed by atoms with E-state index in [-0.39, 0.29) is 5.91 Å². The molecule has 6 heteroatoms. The molecule has 0 saturated carbocycles. The quantitative estimate of drug-likeness (QED) is 0.548. The lowest BCUT2D eigenvalue weighted by molar-refractivity contribution is 0.102. The normalized spacial score (nSPS) is 10.6. The number of nitrogens with one attached hydrogen (secondary N) is 2. The predicted octanol–water partition coefficient (Wildman–Crippen LogP) is 4.64. The molecule has 2 aromatic heterocycles. The van der Waals surface area contributed by atoms with Crippen LogP contribution in [-0.2, 0) is 0 Å². The molecule has 2 aromatic carbocycles. The van der Waals surface area contributed by atoms with Crippen molar-refractivity contribution < 1.29 is 4.79 Å². The van der Waals surface area contributed by atoms with Gasteiger partial charge in [-0.05, 0) is 61.4 Å². The van der Waals surface area contributed by atoms with Crippen LogP contribution in [0.1, 0.15) is 21.5 Å². The van der Waals surface area contributed by atoms with E-state index < -0.39 is 0 Å². The molecule has 1 amide bonds. The first kappa shape index (κ1) is 17.6. The fraction of sp³-hybridized carbons (Fsp3) is 0.0909. The predicted molar refractivity (Wildman–Crippen MR) is 111 cm³/mol. The van der Waals surface area contributed by atoms with E-state index in [2.05, 4.69) is 25.8 Å². The lowest BCUT2D eigenvalue weighted by Crippen LogP contribution is -2.13. The average molecular weight is 369 g/mol. The zero-order chi connectivity index (χ0) is 19.5. The van der Waals surface area contributed by atoms with Gasteiger partial charge >= 0.3 is 0 Å². The molecule has 0 bridgehead atoms. The largest absolute Gasteiger partial charge is 0.337 e. The van der Waals surface area contributed by atoms with E-state index in [0.29, 0.717) is 17.2 Å². The molecule has 0 aliphatic rings. The van der Waals surface area contributed by atoms with Gasteiger partial charge in [0.15, 0.2) is 11.6 Å². The molecule has 2 heterocycles. The van der Waals surface area contributed by atoms with Crippen LogP contribution in [0.2, 0.25) is 0 Å². The van der Waals surface area contributed by atoms with E-state index in [1.807, 2.05) is 56.3 Å². The van der Waals surface area contributed by atoms with E-state index in [1.54, 1.807) is 24.4 Å². The summed E-state index contributed by atoms with van der Waals surface area (Å²) >= 11 is 0. The van der Waals surface area contributed by atoms with Crippen molar-refractivity contribution >= 4 is 34.1 Å². The summed E-state index contributed by atoms with van der Waals surface area (Å²) in [5.74, 6) is 0.753. The monoisotopic (exact) mass is 369 g/mol. The Hall–Kier alpha value is -3.80. The molecule has 0 atom stereocenters. The van der Waals surface area contributed by atoms with Crippen LogP contribution < -0.4 is 10.6 Å². The number of aromatic nitrogens is 3. The molecule has 4 rings (SSSR count). The summed E-state index contributed by atoms with van der Waals surface area (Å²) in [6, 6.07) is 18.9. The first-order valence-corrected chi connectivity index (χ1v) is 8.93. The van der Waals surface area contributed by atoms with Crippen LogP contribution in [0.15, 0.2) is 66.9 Å². The summed E-state index contributed by atoms with van der Waals surface area (Å²) in [5.41, 5.74) is 4.52. The van der Waals surface area contributed by atoms with Gasteiger partial charge in [-0.3, -0.25) is 9.78 Å². The SMILES string of the molecule is Cc1ccc(C(=O)Nc2ccc(Nc3cccc4cccnc34)nn2)cc1C. The first-order chi connectivity index (χ1) is 13.6.